The van der Waals surface area contributed by atoms with Crippen LogP contribution in [0.5, 0.6) is 0 Å². The van der Waals surface area contributed by atoms with Gasteiger partial charge < -0.3 is 10.2 Å². The van der Waals surface area contributed by atoms with Gasteiger partial charge in [-0.05, 0) is 36.4 Å². The first-order valence-electron chi connectivity index (χ1n) is 9.36. The Bertz CT molecular complexity index is 1140. The Hall–Kier alpha value is -2.64. The van der Waals surface area contributed by atoms with Gasteiger partial charge in [0.15, 0.2) is 0 Å². The lowest BCUT2D eigenvalue weighted by molar-refractivity contribution is -0.139. The van der Waals surface area contributed by atoms with Crippen LogP contribution in [0.4, 0.5) is 11.4 Å². The summed E-state index contributed by atoms with van der Waals surface area (Å²) in [6.45, 7) is 0. The highest BCUT2D eigenvalue weighted by atomic mass is 32.2. The Morgan fingerprint density at radius 3 is 2.34 bits per heavy atom. The quantitative estimate of drug-likeness (QED) is 0.273. The van der Waals surface area contributed by atoms with Crippen LogP contribution in [0, 0.1) is 0 Å². The van der Waals surface area contributed by atoms with E-state index in [0.29, 0.717) is 11.4 Å². The maximum absolute atomic E-state index is 12.6. The summed E-state index contributed by atoms with van der Waals surface area (Å²) in [5.41, 5.74) is 1.10. The minimum absolute atomic E-state index is 0.117. The molecule has 3 aromatic rings. The molecule has 2 unspecified atom stereocenters. The molecule has 2 aromatic carbocycles. The first-order chi connectivity index (χ1) is 15.3. The number of sulfonamides is 1. The van der Waals surface area contributed by atoms with Crippen molar-refractivity contribution in [2.24, 2.45) is 10.2 Å². The van der Waals surface area contributed by atoms with Crippen molar-refractivity contribution in [1.82, 2.24) is 9.71 Å². The fourth-order valence-corrected chi connectivity index (χ4v) is 5.36. The van der Waals surface area contributed by atoms with Crippen molar-refractivity contribution < 1.29 is 23.4 Å². The van der Waals surface area contributed by atoms with E-state index in [1.807, 2.05) is 18.2 Å². The molecule has 0 fully saturated rings. The van der Waals surface area contributed by atoms with E-state index >= 15 is 0 Å². The van der Waals surface area contributed by atoms with Crippen LogP contribution in [-0.2, 0) is 14.8 Å². The number of thioether (sulfide) groups is 1. The second kappa shape index (κ2) is 11.3. The van der Waals surface area contributed by atoms with Crippen LogP contribution in [0.25, 0.3) is 0 Å². The van der Waals surface area contributed by atoms with Crippen LogP contribution in [0.15, 0.2) is 85.6 Å². The number of rotatable bonds is 11. The van der Waals surface area contributed by atoms with Crippen LogP contribution in [0.1, 0.15) is 6.42 Å². The molecule has 0 aliphatic rings. The third kappa shape index (κ3) is 7.21. The number of carboxylic acid groups (broad SMARTS) is 1. The fraction of sp³-hybridized carbons (Fsp3) is 0.200. The van der Waals surface area contributed by atoms with E-state index in [9.17, 15) is 23.4 Å². The number of thiazole rings is 1. The SMILES string of the molecule is O=C(O)C(CC(O)CSc1nccs1)NS(=O)(=O)c1ccc(/N=N/c2ccccc2)cc1. The van der Waals surface area contributed by atoms with Gasteiger partial charge in [0, 0.05) is 23.8 Å². The lowest BCUT2D eigenvalue weighted by Gasteiger charge is -2.18. The van der Waals surface area contributed by atoms with E-state index in [1.165, 1.54) is 47.4 Å². The van der Waals surface area contributed by atoms with Crippen LogP contribution >= 0.6 is 23.1 Å². The summed E-state index contributed by atoms with van der Waals surface area (Å²) in [6.07, 6.45) is 0.312. The number of nitrogens with zero attached hydrogens (tertiary/aromatic N) is 3. The van der Waals surface area contributed by atoms with E-state index < -0.39 is 28.1 Å². The summed E-state index contributed by atoms with van der Waals surface area (Å²) in [6, 6.07) is 13.1. The Morgan fingerprint density at radius 1 is 1.09 bits per heavy atom. The highest BCUT2D eigenvalue weighted by Crippen LogP contribution is 2.23. The van der Waals surface area contributed by atoms with E-state index in [4.69, 9.17) is 0 Å². The van der Waals surface area contributed by atoms with Crippen molar-refractivity contribution in [2.75, 3.05) is 5.75 Å². The summed E-state index contributed by atoms with van der Waals surface area (Å²) in [5.74, 6) is -1.18. The average molecular weight is 493 g/mol. The number of nitrogens with one attached hydrogen (secondary N) is 1. The maximum atomic E-state index is 12.6. The molecule has 0 saturated heterocycles. The molecule has 1 aromatic heterocycles. The van der Waals surface area contributed by atoms with Crippen molar-refractivity contribution in [1.29, 1.82) is 0 Å². The molecule has 0 aliphatic carbocycles. The normalized spacial score (nSPS) is 13.8. The minimum atomic E-state index is -4.12. The van der Waals surface area contributed by atoms with E-state index in [2.05, 4.69) is 19.9 Å². The van der Waals surface area contributed by atoms with Gasteiger partial charge in [-0.15, -0.1) is 11.3 Å². The van der Waals surface area contributed by atoms with Crippen molar-refractivity contribution >= 4 is 50.5 Å². The van der Waals surface area contributed by atoms with Crippen LogP contribution < -0.4 is 4.72 Å². The van der Waals surface area contributed by atoms with Crippen LogP contribution in [0.2, 0.25) is 0 Å². The van der Waals surface area contributed by atoms with Crippen molar-refractivity contribution in [2.45, 2.75) is 27.8 Å². The largest absolute Gasteiger partial charge is 0.480 e. The van der Waals surface area contributed by atoms with E-state index in [0.717, 1.165) is 4.34 Å². The first kappa shape index (κ1) is 24.0. The number of hydrogen-bond donors (Lipinski definition) is 3. The minimum Gasteiger partial charge on any atom is -0.480 e. The van der Waals surface area contributed by atoms with Gasteiger partial charge in [-0.25, -0.2) is 13.4 Å². The second-order valence-electron chi connectivity index (χ2n) is 6.54. The van der Waals surface area contributed by atoms with Crippen molar-refractivity contribution in [3.63, 3.8) is 0 Å². The van der Waals surface area contributed by atoms with E-state index in [-0.39, 0.29) is 17.1 Å². The molecule has 3 N–H and O–H groups in total. The van der Waals surface area contributed by atoms with Gasteiger partial charge in [0.1, 0.15) is 10.4 Å². The third-order valence-electron chi connectivity index (χ3n) is 4.10. The molecule has 0 spiro atoms. The van der Waals surface area contributed by atoms with Crippen molar-refractivity contribution in [3.05, 3.63) is 66.2 Å². The van der Waals surface area contributed by atoms with Gasteiger partial charge in [0.2, 0.25) is 10.0 Å². The van der Waals surface area contributed by atoms with Gasteiger partial charge in [-0.3, -0.25) is 4.79 Å². The van der Waals surface area contributed by atoms with Gasteiger partial charge in [-0.2, -0.15) is 15.0 Å². The number of carbonyl (C=O) groups is 1. The molecule has 0 amide bonds. The van der Waals surface area contributed by atoms with Gasteiger partial charge in [0.05, 0.1) is 22.4 Å². The fourth-order valence-electron chi connectivity index (χ4n) is 2.55. The molecule has 32 heavy (non-hydrogen) atoms. The number of benzene rings is 2. The lowest BCUT2D eigenvalue weighted by atomic mass is 10.1. The van der Waals surface area contributed by atoms with Crippen LogP contribution in [-0.4, -0.2) is 47.5 Å². The highest BCUT2D eigenvalue weighted by molar-refractivity contribution is 8.01. The number of azo groups is 1. The smallest absolute Gasteiger partial charge is 0.321 e. The van der Waals surface area contributed by atoms with Crippen molar-refractivity contribution in [3.8, 4) is 0 Å². The van der Waals surface area contributed by atoms with E-state index in [1.54, 1.807) is 23.7 Å². The zero-order valence-electron chi connectivity index (χ0n) is 16.6. The van der Waals surface area contributed by atoms with Gasteiger partial charge in [-0.1, -0.05) is 30.0 Å². The Morgan fingerprint density at radius 2 is 1.75 bits per heavy atom. The lowest BCUT2D eigenvalue weighted by Crippen LogP contribution is -2.43. The first-order valence-corrected chi connectivity index (χ1v) is 12.7. The predicted octanol–water partition coefficient (Wildman–Crippen LogP) is 3.83. The molecule has 9 nitrogen and oxygen atoms in total. The monoisotopic (exact) mass is 492 g/mol. The Balaban J connectivity index is 1.62. The zero-order chi connectivity index (χ0) is 23.0. The molecule has 12 heteroatoms. The molecule has 2 atom stereocenters. The maximum Gasteiger partial charge on any atom is 0.321 e. The molecule has 168 valence electrons. The molecular formula is C20H20N4O5S3. The number of aromatic nitrogens is 1. The number of carboxylic acids is 1. The second-order valence-corrected chi connectivity index (χ2v) is 10.4. The molecule has 1 heterocycles. The predicted molar refractivity (Wildman–Crippen MR) is 122 cm³/mol. The summed E-state index contributed by atoms with van der Waals surface area (Å²) in [7, 11) is -4.12. The Labute approximate surface area is 193 Å². The number of aliphatic hydroxyl groups excluding tert-OH is 1. The number of aliphatic hydroxyl groups is 1. The highest BCUT2D eigenvalue weighted by Gasteiger charge is 2.28. The van der Waals surface area contributed by atoms with Gasteiger partial charge >= 0.3 is 5.97 Å². The summed E-state index contributed by atoms with van der Waals surface area (Å²) >= 11 is 2.67. The standard InChI is InChI=1S/C20H20N4O5S3/c25-16(13-31-20-21-10-11-30-20)12-18(19(26)27)24-32(28,29)17-8-6-15(7-9-17)23-22-14-4-2-1-3-5-14/h1-11,16,18,24-25H,12-13H2,(H,26,27)/b23-22+. The summed E-state index contributed by atoms with van der Waals surface area (Å²) < 4.78 is 28.2. The van der Waals surface area contributed by atoms with Gasteiger partial charge in [0.25, 0.3) is 0 Å². The molecule has 3 rings (SSSR count). The average Bonchev–Trinajstić information content (AvgIpc) is 3.30. The number of aliphatic carboxylic acids is 1. The summed E-state index contributed by atoms with van der Waals surface area (Å²) in [4.78, 5) is 15.5. The summed E-state index contributed by atoms with van der Waals surface area (Å²) in [5, 5.41) is 29.5. The molecule has 0 saturated carbocycles. The number of hydrogen-bond acceptors (Lipinski definition) is 9. The molecular weight excluding hydrogens is 472 g/mol. The van der Waals surface area contributed by atoms with Crippen LogP contribution in [0.3, 0.4) is 0 Å². The molecule has 0 radical (unpaired) electrons. The zero-order valence-corrected chi connectivity index (χ0v) is 19.1. The molecule has 0 bridgehead atoms. The molecule has 0 aliphatic heterocycles. The third-order valence-corrected chi connectivity index (χ3v) is 7.69. The Kier molecular flexibility index (Phi) is 8.47. The topological polar surface area (TPSA) is 141 Å².